The predicted molar refractivity (Wildman–Crippen MR) is 86.9 cm³/mol. The van der Waals surface area contributed by atoms with Gasteiger partial charge in [-0.2, -0.15) is 5.26 Å². The average Bonchev–Trinajstić information content (AvgIpc) is 3.08. The maximum Gasteiger partial charge on any atom is 0.131 e. The third-order valence-corrected chi connectivity index (χ3v) is 4.04. The Morgan fingerprint density at radius 2 is 2.09 bits per heavy atom. The lowest BCUT2D eigenvalue weighted by molar-refractivity contribution is 0.190. The summed E-state index contributed by atoms with van der Waals surface area (Å²) in [5.74, 6) is 0.366. The Labute approximate surface area is 132 Å². The normalized spacial score (nSPS) is 19.0. The zero-order chi connectivity index (χ0) is 16.3. The molecule has 0 aliphatic carbocycles. The Morgan fingerprint density at radius 1 is 1.45 bits per heavy atom. The Kier molecular flexibility index (Phi) is 4.72. The summed E-state index contributed by atoms with van der Waals surface area (Å²) in [5, 5.41) is 21.2. The molecule has 1 fully saturated rings. The first-order valence-electron chi connectivity index (χ1n) is 7.56. The fraction of sp³-hybridized carbons (Fsp3) is 0.529. The Hall–Kier alpha value is -2.06. The summed E-state index contributed by atoms with van der Waals surface area (Å²) >= 11 is 0. The van der Waals surface area contributed by atoms with Gasteiger partial charge in [0.15, 0.2) is 0 Å². The van der Waals surface area contributed by atoms with Gasteiger partial charge in [-0.05, 0) is 46.2 Å². The number of nitrogens with one attached hydrogen (secondary N) is 2. The number of nitriles is 1. The van der Waals surface area contributed by atoms with Crippen molar-refractivity contribution in [3.63, 3.8) is 0 Å². The van der Waals surface area contributed by atoms with Crippen molar-refractivity contribution in [1.29, 1.82) is 10.7 Å². The molecule has 5 heteroatoms. The number of nitrogens with zero attached hydrogens (tertiary/aromatic N) is 2. The number of ether oxygens (including phenoxy) is 1. The highest BCUT2D eigenvalue weighted by molar-refractivity contribution is 5.94. The van der Waals surface area contributed by atoms with E-state index in [9.17, 15) is 5.26 Å². The Morgan fingerprint density at radius 3 is 2.59 bits per heavy atom. The minimum absolute atomic E-state index is 0.207. The molecule has 1 aliphatic rings. The second-order valence-corrected chi connectivity index (χ2v) is 6.34. The minimum Gasteiger partial charge on any atom is -0.382 e. The molecule has 0 bridgehead atoms. The fourth-order valence-electron chi connectivity index (χ4n) is 2.58. The first-order valence-corrected chi connectivity index (χ1v) is 7.56. The molecule has 5 nitrogen and oxygen atoms in total. The molecule has 2 N–H and O–H groups in total. The number of allylic oxidation sites excluding steroid dienone is 2. The van der Waals surface area contributed by atoms with Gasteiger partial charge in [0.05, 0.1) is 24.1 Å². The van der Waals surface area contributed by atoms with E-state index in [2.05, 4.69) is 11.4 Å². The monoisotopic (exact) mass is 300 g/mol. The molecule has 1 aromatic heterocycles. The first-order chi connectivity index (χ1) is 10.3. The van der Waals surface area contributed by atoms with Crippen LogP contribution in [0.25, 0.3) is 0 Å². The molecule has 1 saturated heterocycles. The summed E-state index contributed by atoms with van der Waals surface area (Å²) < 4.78 is 7.26. The summed E-state index contributed by atoms with van der Waals surface area (Å²) in [6.45, 7) is 9.07. The highest BCUT2D eigenvalue weighted by atomic mass is 16.5. The molecular weight excluding hydrogens is 276 g/mol. The van der Waals surface area contributed by atoms with Crippen molar-refractivity contribution in [2.24, 2.45) is 5.41 Å². The van der Waals surface area contributed by atoms with Crippen molar-refractivity contribution in [1.82, 2.24) is 9.88 Å². The largest absolute Gasteiger partial charge is 0.382 e. The molecule has 1 aromatic rings. The quantitative estimate of drug-likeness (QED) is 0.663. The molecule has 2 rings (SSSR count). The zero-order valence-electron chi connectivity index (χ0n) is 13.7. The Bertz CT molecular complexity index is 608. The van der Waals surface area contributed by atoms with E-state index in [4.69, 9.17) is 10.1 Å². The summed E-state index contributed by atoms with van der Waals surface area (Å²) in [6.07, 6.45) is 2.69. The van der Waals surface area contributed by atoms with E-state index in [0.29, 0.717) is 12.4 Å². The van der Waals surface area contributed by atoms with Crippen LogP contribution in [0, 0.1) is 36.0 Å². The van der Waals surface area contributed by atoms with E-state index in [1.54, 1.807) is 6.08 Å². The highest BCUT2D eigenvalue weighted by Crippen LogP contribution is 2.25. The third-order valence-electron chi connectivity index (χ3n) is 4.04. The lowest BCUT2D eigenvalue weighted by Crippen LogP contribution is -2.35. The van der Waals surface area contributed by atoms with Gasteiger partial charge in [-0.3, -0.25) is 5.41 Å². The summed E-state index contributed by atoms with van der Waals surface area (Å²) in [6, 6.07) is 6.51. The van der Waals surface area contributed by atoms with Crippen LogP contribution in [0.4, 0.5) is 0 Å². The standard InChI is InChI=1S/C17H24N4O/c1-12-5-6-13(2)21(12)16(19)9-15(17(3,4)11-18)20-14-7-8-22-10-14/h5-6,9,14,19-20H,7-8,10H2,1-4H3/b15-9-,19-16?. The van der Waals surface area contributed by atoms with Gasteiger partial charge in [-0.1, -0.05) is 0 Å². The second kappa shape index (κ2) is 6.37. The van der Waals surface area contributed by atoms with Gasteiger partial charge >= 0.3 is 0 Å². The van der Waals surface area contributed by atoms with Crippen LogP contribution in [-0.2, 0) is 4.74 Å². The lowest BCUT2D eigenvalue weighted by Gasteiger charge is -2.25. The van der Waals surface area contributed by atoms with Crippen molar-refractivity contribution in [3.05, 3.63) is 35.3 Å². The van der Waals surface area contributed by atoms with E-state index in [1.807, 2.05) is 44.4 Å². The van der Waals surface area contributed by atoms with Crippen LogP contribution in [-0.4, -0.2) is 29.7 Å². The molecule has 1 atom stereocenters. The van der Waals surface area contributed by atoms with E-state index in [1.165, 1.54) is 0 Å². The lowest BCUT2D eigenvalue weighted by atomic mass is 9.90. The van der Waals surface area contributed by atoms with Crippen LogP contribution in [0.3, 0.4) is 0 Å². The molecule has 1 aliphatic heterocycles. The maximum atomic E-state index is 9.45. The molecule has 1 unspecified atom stereocenters. The average molecular weight is 300 g/mol. The summed E-state index contributed by atoms with van der Waals surface area (Å²) in [5.41, 5.74) is 2.11. The van der Waals surface area contributed by atoms with E-state index in [-0.39, 0.29) is 6.04 Å². The Balaban J connectivity index is 2.31. The topological polar surface area (TPSA) is 73.8 Å². The summed E-state index contributed by atoms with van der Waals surface area (Å²) in [7, 11) is 0. The van der Waals surface area contributed by atoms with Crippen LogP contribution in [0.15, 0.2) is 23.9 Å². The second-order valence-electron chi connectivity index (χ2n) is 6.34. The van der Waals surface area contributed by atoms with Gasteiger partial charge in [0.1, 0.15) is 5.84 Å². The number of aromatic nitrogens is 1. The molecule has 0 spiro atoms. The smallest absolute Gasteiger partial charge is 0.131 e. The predicted octanol–water partition coefficient (Wildman–Crippen LogP) is 2.74. The molecule has 2 heterocycles. The van der Waals surface area contributed by atoms with E-state index >= 15 is 0 Å². The van der Waals surface area contributed by atoms with Crippen molar-refractivity contribution in [2.45, 2.75) is 40.2 Å². The molecular formula is C17H24N4O. The third kappa shape index (κ3) is 3.40. The fourth-order valence-corrected chi connectivity index (χ4v) is 2.58. The van der Waals surface area contributed by atoms with Gasteiger partial charge in [0.2, 0.25) is 0 Å². The molecule has 0 amide bonds. The van der Waals surface area contributed by atoms with E-state index in [0.717, 1.165) is 30.1 Å². The van der Waals surface area contributed by atoms with Gasteiger partial charge in [0, 0.05) is 29.8 Å². The van der Waals surface area contributed by atoms with Crippen molar-refractivity contribution in [3.8, 4) is 6.07 Å². The van der Waals surface area contributed by atoms with Crippen molar-refractivity contribution < 1.29 is 4.74 Å². The van der Waals surface area contributed by atoms with Crippen molar-refractivity contribution in [2.75, 3.05) is 13.2 Å². The van der Waals surface area contributed by atoms with Crippen LogP contribution >= 0.6 is 0 Å². The zero-order valence-corrected chi connectivity index (χ0v) is 13.7. The van der Waals surface area contributed by atoms with Crippen LogP contribution in [0.5, 0.6) is 0 Å². The van der Waals surface area contributed by atoms with Gasteiger partial charge in [-0.15, -0.1) is 0 Å². The first kappa shape index (κ1) is 16.3. The van der Waals surface area contributed by atoms with Gasteiger partial charge in [0.25, 0.3) is 0 Å². The van der Waals surface area contributed by atoms with Crippen molar-refractivity contribution >= 4 is 5.84 Å². The van der Waals surface area contributed by atoms with Crippen LogP contribution in [0.1, 0.15) is 31.7 Å². The molecule has 118 valence electrons. The van der Waals surface area contributed by atoms with Crippen LogP contribution in [0.2, 0.25) is 0 Å². The molecule has 0 radical (unpaired) electrons. The minimum atomic E-state index is -0.677. The summed E-state index contributed by atoms with van der Waals surface area (Å²) in [4.78, 5) is 0. The van der Waals surface area contributed by atoms with Gasteiger partial charge < -0.3 is 14.6 Å². The number of aryl methyl sites for hydroxylation is 2. The maximum absolute atomic E-state index is 9.45. The number of rotatable bonds is 4. The van der Waals surface area contributed by atoms with Gasteiger partial charge in [-0.25, -0.2) is 0 Å². The number of hydrogen-bond acceptors (Lipinski definition) is 4. The number of hydrogen-bond donors (Lipinski definition) is 2. The molecule has 0 saturated carbocycles. The highest BCUT2D eigenvalue weighted by Gasteiger charge is 2.27. The molecule has 0 aromatic carbocycles. The molecule has 22 heavy (non-hydrogen) atoms. The van der Waals surface area contributed by atoms with Crippen LogP contribution < -0.4 is 5.32 Å². The van der Waals surface area contributed by atoms with E-state index < -0.39 is 5.41 Å². The SMILES string of the molecule is Cc1ccc(C)n1C(=N)/C=C(\NC1CCOC1)C(C)(C)C#N.